The summed E-state index contributed by atoms with van der Waals surface area (Å²) < 4.78 is 43.9. The number of benzene rings is 3. The van der Waals surface area contributed by atoms with E-state index in [1.807, 2.05) is 0 Å². The Morgan fingerprint density at radius 2 is 1.81 bits per heavy atom. The fraction of sp³-hybridized carbons (Fsp3) is 0.125. The van der Waals surface area contributed by atoms with Crippen LogP contribution in [0.3, 0.4) is 0 Å². The van der Waals surface area contributed by atoms with Gasteiger partial charge in [0.05, 0.1) is 17.7 Å². The minimum Gasteiger partial charge on any atom is -0.286 e. The maximum atomic E-state index is 13.4. The zero-order chi connectivity index (χ0) is 26.1. The van der Waals surface area contributed by atoms with Crippen LogP contribution in [0.4, 0.5) is 14.9 Å². The van der Waals surface area contributed by atoms with Crippen LogP contribution in [0.2, 0.25) is 5.02 Å². The summed E-state index contributed by atoms with van der Waals surface area (Å²) in [6, 6.07) is 17.4. The standard InChI is InChI=1S/C24H21ClFN3O5S2/c25-20-7-9-22(10-8-20)29(24(31)28-27-15-17-3-2-6-21(26)14-17)23(30)19-5-1-4-18(13-19)16-35-11-12-36(32,33)34/h1-10,13-15H,11-12,16H2,(H,28,31)(H,32,33,34). The summed E-state index contributed by atoms with van der Waals surface area (Å²) >= 11 is 7.22. The molecule has 0 atom stereocenters. The van der Waals surface area contributed by atoms with Gasteiger partial charge in [-0.2, -0.15) is 25.3 Å². The summed E-state index contributed by atoms with van der Waals surface area (Å²) in [7, 11) is -4.05. The number of nitrogens with one attached hydrogen (secondary N) is 1. The Morgan fingerprint density at radius 1 is 1.08 bits per heavy atom. The summed E-state index contributed by atoms with van der Waals surface area (Å²) in [5, 5.41) is 4.24. The molecule has 0 bridgehead atoms. The molecule has 3 amide bonds. The summed E-state index contributed by atoms with van der Waals surface area (Å²) in [4.78, 5) is 27.2. The van der Waals surface area contributed by atoms with Crippen LogP contribution in [0.15, 0.2) is 77.9 Å². The molecule has 3 aromatic carbocycles. The number of nitrogens with zero attached hydrogens (tertiary/aromatic N) is 2. The van der Waals surface area contributed by atoms with Crippen molar-refractivity contribution in [3.8, 4) is 0 Å². The average molecular weight is 550 g/mol. The van der Waals surface area contributed by atoms with Gasteiger partial charge in [-0.25, -0.2) is 19.5 Å². The molecule has 0 spiro atoms. The van der Waals surface area contributed by atoms with E-state index >= 15 is 0 Å². The monoisotopic (exact) mass is 549 g/mol. The zero-order valence-corrected chi connectivity index (χ0v) is 21.1. The number of rotatable bonds is 9. The highest BCUT2D eigenvalue weighted by Crippen LogP contribution is 2.22. The lowest BCUT2D eigenvalue weighted by Gasteiger charge is -2.20. The van der Waals surface area contributed by atoms with Crippen LogP contribution >= 0.6 is 23.4 Å². The Bertz CT molecular complexity index is 1370. The molecule has 0 radical (unpaired) electrons. The van der Waals surface area contributed by atoms with Crippen LogP contribution in [-0.2, 0) is 15.9 Å². The molecule has 12 heteroatoms. The first-order chi connectivity index (χ1) is 17.1. The zero-order valence-electron chi connectivity index (χ0n) is 18.7. The topological polar surface area (TPSA) is 116 Å². The molecule has 0 unspecified atom stereocenters. The minimum absolute atomic E-state index is 0.180. The number of anilines is 1. The van der Waals surface area contributed by atoms with Crippen LogP contribution in [0, 0.1) is 5.82 Å². The minimum atomic E-state index is -4.05. The smallest absolute Gasteiger partial charge is 0.286 e. The second-order valence-electron chi connectivity index (χ2n) is 7.39. The molecule has 0 aliphatic heterocycles. The van der Waals surface area contributed by atoms with Crippen LogP contribution in [0.5, 0.6) is 0 Å². The van der Waals surface area contributed by atoms with Crippen molar-refractivity contribution in [2.24, 2.45) is 5.10 Å². The molecule has 2 N–H and O–H groups in total. The normalized spacial score (nSPS) is 11.4. The maximum absolute atomic E-state index is 13.4. The van der Waals surface area contributed by atoms with Crippen LogP contribution in [-0.4, -0.2) is 42.6 Å². The summed E-state index contributed by atoms with van der Waals surface area (Å²) in [6.45, 7) is 0. The molecule has 3 rings (SSSR count). The van der Waals surface area contributed by atoms with E-state index in [2.05, 4.69) is 10.5 Å². The Labute approximate surface area is 216 Å². The number of hydrogen-bond donors (Lipinski definition) is 2. The highest BCUT2D eigenvalue weighted by molar-refractivity contribution is 7.99. The van der Waals surface area contributed by atoms with E-state index in [0.717, 1.165) is 10.5 Å². The fourth-order valence-electron chi connectivity index (χ4n) is 2.99. The molecular weight excluding hydrogens is 529 g/mol. The van der Waals surface area contributed by atoms with Crippen molar-refractivity contribution in [1.82, 2.24) is 5.43 Å². The quantitative estimate of drug-likeness (QED) is 0.168. The lowest BCUT2D eigenvalue weighted by Crippen LogP contribution is -2.42. The molecule has 3 aromatic rings. The number of hydrogen-bond acceptors (Lipinski definition) is 6. The molecule has 0 saturated heterocycles. The third-order valence-electron chi connectivity index (χ3n) is 4.64. The number of amides is 3. The van der Waals surface area contributed by atoms with Gasteiger partial charge in [-0.1, -0.05) is 35.9 Å². The number of imide groups is 1. The van der Waals surface area contributed by atoms with Crippen molar-refractivity contribution in [2.45, 2.75) is 5.75 Å². The third kappa shape index (κ3) is 8.45. The first-order valence-corrected chi connectivity index (χ1v) is 13.6. The predicted octanol–water partition coefficient (Wildman–Crippen LogP) is 4.99. The van der Waals surface area contributed by atoms with Crippen LogP contribution in [0.1, 0.15) is 21.5 Å². The highest BCUT2D eigenvalue weighted by Gasteiger charge is 2.25. The van der Waals surface area contributed by atoms with Gasteiger partial charge in [0.1, 0.15) is 5.82 Å². The van der Waals surface area contributed by atoms with Gasteiger partial charge in [0.2, 0.25) is 0 Å². The molecule has 0 aliphatic rings. The number of thioether (sulfide) groups is 1. The Morgan fingerprint density at radius 3 is 2.50 bits per heavy atom. The lowest BCUT2D eigenvalue weighted by atomic mass is 10.1. The van der Waals surface area contributed by atoms with E-state index in [9.17, 15) is 22.4 Å². The molecule has 0 heterocycles. The number of hydrazone groups is 1. The Kier molecular flexibility index (Phi) is 9.59. The van der Waals surface area contributed by atoms with E-state index in [4.69, 9.17) is 16.2 Å². The van der Waals surface area contributed by atoms with E-state index < -0.39 is 27.9 Å². The van der Waals surface area contributed by atoms with Crippen molar-refractivity contribution in [3.63, 3.8) is 0 Å². The van der Waals surface area contributed by atoms with Gasteiger partial charge < -0.3 is 0 Å². The van der Waals surface area contributed by atoms with Gasteiger partial charge in [-0.3, -0.25) is 9.35 Å². The van der Waals surface area contributed by atoms with Gasteiger partial charge in [0.15, 0.2) is 0 Å². The van der Waals surface area contributed by atoms with E-state index in [-0.39, 0.29) is 22.8 Å². The van der Waals surface area contributed by atoms with Gasteiger partial charge in [-0.15, -0.1) is 0 Å². The van der Waals surface area contributed by atoms with Crippen LogP contribution in [0.25, 0.3) is 0 Å². The first-order valence-electron chi connectivity index (χ1n) is 10.4. The van der Waals surface area contributed by atoms with Crippen molar-refractivity contribution < 1.29 is 27.0 Å². The van der Waals surface area contributed by atoms with Gasteiger partial charge in [-0.05, 0) is 59.7 Å². The van der Waals surface area contributed by atoms with Gasteiger partial charge in [0.25, 0.3) is 16.0 Å². The second-order valence-corrected chi connectivity index (χ2v) is 10.5. The second kappa shape index (κ2) is 12.6. The highest BCUT2D eigenvalue weighted by atomic mass is 35.5. The average Bonchev–Trinajstić information content (AvgIpc) is 2.83. The van der Waals surface area contributed by atoms with Gasteiger partial charge >= 0.3 is 6.03 Å². The van der Waals surface area contributed by atoms with E-state index in [1.54, 1.807) is 30.3 Å². The SMILES string of the molecule is O=C(NN=Cc1cccc(F)c1)N(C(=O)c1cccc(CSCCS(=O)(=O)O)c1)c1ccc(Cl)cc1. The van der Waals surface area contributed by atoms with Crippen molar-refractivity contribution >= 4 is 57.3 Å². The third-order valence-corrected chi connectivity index (χ3v) is 6.90. The lowest BCUT2D eigenvalue weighted by molar-refractivity contribution is 0.0993. The molecule has 8 nitrogen and oxygen atoms in total. The fourth-order valence-corrected chi connectivity index (χ4v) is 4.99. The largest absolute Gasteiger partial charge is 0.349 e. The summed E-state index contributed by atoms with van der Waals surface area (Å²) in [5.41, 5.74) is 3.88. The van der Waals surface area contributed by atoms with E-state index in [1.165, 1.54) is 60.4 Å². The molecule has 0 aliphatic carbocycles. The number of urea groups is 1. The van der Waals surface area contributed by atoms with Crippen molar-refractivity contribution in [3.05, 3.63) is 100 Å². The molecule has 0 saturated carbocycles. The Balaban J connectivity index is 1.79. The molecule has 0 fully saturated rings. The van der Waals surface area contributed by atoms with E-state index in [0.29, 0.717) is 16.3 Å². The van der Waals surface area contributed by atoms with Crippen LogP contribution < -0.4 is 10.3 Å². The molecule has 188 valence electrons. The number of carbonyl (C=O) groups excluding carboxylic acids is 2. The maximum Gasteiger partial charge on any atom is 0.349 e. The molecule has 36 heavy (non-hydrogen) atoms. The number of carbonyl (C=O) groups is 2. The molecular formula is C24H21ClFN3O5S2. The Hall–Kier alpha value is -3.25. The summed E-state index contributed by atoms with van der Waals surface area (Å²) in [5.74, 6) is -0.905. The predicted molar refractivity (Wildman–Crippen MR) is 140 cm³/mol. The van der Waals surface area contributed by atoms with Crippen molar-refractivity contribution in [2.75, 3.05) is 16.4 Å². The van der Waals surface area contributed by atoms with Crippen molar-refractivity contribution in [1.29, 1.82) is 0 Å². The molecule has 0 aromatic heterocycles. The number of halogens is 2. The first kappa shape index (κ1) is 27.3. The van der Waals surface area contributed by atoms with Gasteiger partial charge in [0, 0.05) is 22.1 Å². The summed E-state index contributed by atoms with van der Waals surface area (Å²) in [6.07, 6.45) is 1.25.